The van der Waals surface area contributed by atoms with E-state index in [0.717, 1.165) is 34.5 Å². The number of pyridine rings is 1. The number of nitrogens with one attached hydrogen (secondary N) is 1. The second-order valence-electron chi connectivity index (χ2n) is 8.18. The molecule has 1 N–H and O–H groups in total. The van der Waals surface area contributed by atoms with Crippen molar-refractivity contribution in [2.24, 2.45) is 7.05 Å². The lowest BCUT2D eigenvalue weighted by Gasteiger charge is -2.30. The average molecular weight is 446 g/mol. The molecule has 1 aliphatic rings. The third kappa shape index (κ3) is 4.55. The fraction of sp³-hybridized carbons (Fsp3) is 0.320. The monoisotopic (exact) mass is 445 g/mol. The van der Waals surface area contributed by atoms with Gasteiger partial charge >= 0.3 is 0 Å². The standard InChI is InChI=1S/C25H27N5O3/c1-4-19-12-22(29(3)28-19)24(32)27-14-21-16(2)26-13-18-15-30(11-10-20(18)21)25(33)23(31)17-8-6-5-7-9-17/h5-9,12-13H,4,10-11,14-15H2,1-3H3,(H,27,32). The Kier molecular flexibility index (Phi) is 6.35. The van der Waals surface area contributed by atoms with E-state index >= 15 is 0 Å². The molecule has 1 aliphatic heterocycles. The summed E-state index contributed by atoms with van der Waals surface area (Å²) in [6.07, 6.45) is 3.12. The molecule has 2 aromatic heterocycles. The third-order valence-electron chi connectivity index (χ3n) is 6.06. The van der Waals surface area contributed by atoms with E-state index in [4.69, 9.17) is 0 Å². The van der Waals surface area contributed by atoms with Crippen LogP contribution in [0.1, 0.15) is 55.8 Å². The lowest BCUT2D eigenvalue weighted by Crippen LogP contribution is -2.40. The molecule has 0 bridgehead atoms. The SMILES string of the molecule is CCc1cc(C(=O)NCc2c(C)ncc3c2CCN(C(=O)C(=O)c2ccccc2)C3)n(C)n1. The van der Waals surface area contributed by atoms with E-state index in [1.807, 2.05) is 19.9 Å². The van der Waals surface area contributed by atoms with Crippen LogP contribution in [0, 0.1) is 6.92 Å². The minimum atomic E-state index is -0.509. The molecule has 8 nitrogen and oxygen atoms in total. The molecule has 2 amide bonds. The zero-order valence-electron chi connectivity index (χ0n) is 19.1. The summed E-state index contributed by atoms with van der Waals surface area (Å²) in [6, 6.07) is 10.4. The summed E-state index contributed by atoms with van der Waals surface area (Å²) < 4.78 is 1.59. The van der Waals surface area contributed by atoms with E-state index in [-0.39, 0.29) is 5.91 Å². The van der Waals surface area contributed by atoms with Crippen LogP contribution in [-0.4, -0.2) is 43.8 Å². The number of Topliss-reactive ketones (excluding diaryl/α,β-unsaturated/α-hetero) is 1. The molecule has 0 saturated carbocycles. The van der Waals surface area contributed by atoms with Crippen LogP contribution in [0.25, 0.3) is 0 Å². The molecular formula is C25H27N5O3. The van der Waals surface area contributed by atoms with Gasteiger partial charge in [-0.3, -0.25) is 24.0 Å². The number of ketones is 1. The van der Waals surface area contributed by atoms with Crippen LogP contribution >= 0.6 is 0 Å². The maximum Gasteiger partial charge on any atom is 0.295 e. The summed E-state index contributed by atoms with van der Waals surface area (Å²) in [5, 5.41) is 7.32. The first kappa shape index (κ1) is 22.4. The predicted octanol–water partition coefficient (Wildman–Crippen LogP) is 2.38. The van der Waals surface area contributed by atoms with Gasteiger partial charge in [0.1, 0.15) is 5.69 Å². The number of aryl methyl sites for hydroxylation is 3. The zero-order valence-corrected chi connectivity index (χ0v) is 19.1. The van der Waals surface area contributed by atoms with Crippen LogP contribution < -0.4 is 5.32 Å². The molecule has 170 valence electrons. The first-order valence-corrected chi connectivity index (χ1v) is 11.0. The molecular weight excluding hydrogens is 418 g/mol. The smallest absolute Gasteiger partial charge is 0.295 e. The number of rotatable bonds is 6. The van der Waals surface area contributed by atoms with Gasteiger partial charge in [-0.15, -0.1) is 0 Å². The first-order valence-electron chi connectivity index (χ1n) is 11.0. The molecule has 0 atom stereocenters. The van der Waals surface area contributed by atoms with Gasteiger partial charge in [0, 0.05) is 44.1 Å². The predicted molar refractivity (Wildman–Crippen MR) is 123 cm³/mol. The first-order chi connectivity index (χ1) is 15.9. The number of fused-ring (bicyclic) bond motifs is 1. The lowest BCUT2D eigenvalue weighted by atomic mass is 9.94. The van der Waals surface area contributed by atoms with Crippen molar-refractivity contribution in [3.63, 3.8) is 0 Å². The highest BCUT2D eigenvalue weighted by molar-refractivity contribution is 6.42. The fourth-order valence-corrected chi connectivity index (χ4v) is 4.16. The molecule has 4 rings (SSSR count). The Bertz CT molecular complexity index is 1220. The van der Waals surface area contributed by atoms with Crippen LogP contribution in [-0.2, 0) is 37.8 Å². The number of carbonyl (C=O) groups excluding carboxylic acids is 3. The van der Waals surface area contributed by atoms with Crippen molar-refractivity contribution in [2.45, 2.75) is 39.8 Å². The third-order valence-corrected chi connectivity index (χ3v) is 6.06. The minimum absolute atomic E-state index is 0.192. The Morgan fingerprint density at radius 2 is 1.91 bits per heavy atom. The summed E-state index contributed by atoms with van der Waals surface area (Å²) in [6.45, 7) is 5.01. The van der Waals surface area contributed by atoms with E-state index < -0.39 is 11.7 Å². The molecule has 33 heavy (non-hydrogen) atoms. The number of hydrogen-bond donors (Lipinski definition) is 1. The second-order valence-corrected chi connectivity index (χ2v) is 8.18. The topological polar surface area (TPSA) is 97.2 Å². The Morgan fingerprint density at radius 1 is 1.15 bits per heavy atom. The van der Waals surface area contributed by atoms with Gasteiger partial charge < -0.3 is 10.2 Å². The molecule has 0 radical (unpaired) electrons. The van der Waals surface area contributed by atoms with Crippen molar-refractivity contribution in [2.75, 3.05) is 6.54 Å². The van der Waals surface area contributed by atoms with Gasteiger partial charge in [-0.1, -0.05) is 37.3 Å². The number of benzene rings is 1. The van der Waals surface area contributed by atoms with Crippen LogP contribution in [0.2, 0.25) is 0 Å². The highest BCUT2D eigenvalue weighted by Gasteiger charge is 2.28. The second kappa shape index (κ2) is 9.36. The normalized spacial score (nSPS) is 12.9. The molecule has 0 fully saturated rings. The van der Waals surface area contributed by atoms with Gasteiger partial charge in [0.2, 0.25) is 5.78 Å². The zero-order chi connectivity index (χ0) is 23.5. The van der Waals surface area contributed by atoms with Gasteiger partial charge in [-0.05, 0) is 42.5 Å². The van der Waals surface area contributed by atoms with Gasteiger partial charge in [-0.25, -0.2) is 0 Å². The average Bonchev–Trinajstić information content (AvgIpc) is 3.23. The van der Waals surface area contributed by atoms with E-state index in [9.17, 15) is 14.4 Å². The van der Waals surface area contributed by atoms with Crippen LogP contribution in [0.4, 0.5) is 0 Å². The van der Waals surface area contributed by atoms with Gasteiger partial charge in [0.15, 0.2) is 0 Å². The molecule has 0 spiro atoms. The Hall–Kier alpha value is -3.81. The Morgan fingerprint density at radius 3 is 2.61 bits per heavy atom. The Labute approximate surface area is 192 Å². The number of carbonyl (C=O) groups is 3. The quantitative estimate of drug-likeness (QED) is 0.464. The fourth-order valence-electron chi connectivity index (χ4n) is 4.16. The number of hydrogen-bond acceptors (Lipinski definition) is 5. The van der Waals surface area contributed by atoms with Crippen LogP contribution in [0.3, 0.4) is 0 Å². The summed E-state index contributed by atoms with van der Waals surface area (Å²) in [7, 11) is 1.76. The number of aromatic nitrogens is 3. The molecule has 0 unspecified atom stereocenters. The van der Waals surface area contributed by atoms with Crippen molar-refractivity contribution >= 4 is 17.6 Å². The van der Waals surface area contributed by atoms with E-state index in [2.05, 4.69) is 15.4 Å². The minimum Gasteiger partial charge on any atom is -0.347 e. The summed E-state index contributed by atoms with van der Waals surface area (Å²) >= 11 is 0. The van der Waals surface area contributed by atoms with Gasteiger partial charge in [-0.2, -0.15) is 5.10 Å². The van der Waals surface area contributed by atoms with E-state index in [1.54, 1.807) is 53.2 Å². The van der Waals surface area contributed by atoms with Gasteiger partial charge in [0.25, 0.3) is 11.8 Å². The molecule has 3 aromatic rings. The van der Waals surface area contributed by atoms with Crippen LogP contribution in [0.15, 0.2) is 42.6 Å². The molecule has 1 aromatic carbocycles. The number of amides is 2. The van der Waals surface area contributed by atoms with Crippen molar-refractivity contribution in [3.05, 3.63) is 81.9 Å². The maximum absolute atomic E-state index is 12.8. The van der Waals surface area contributed by atoms with Crippen molar-refractivity contribution < 1.29 is 14.4 Å². The highest BCUT2D eigenvalue weighted by Crippen LogP contribution is 2.24. The van der Waals surface area contributed by atoms with E-state index in [0.29, 0.717) is 37.3 Å². The molecule has 0 aliphatic carbocycles. The molecule has 3 heterocycles. The molecule has 0 saturated heterocycles. The lowest BCUT2D eigenvalue weighted by molar-refractivity contribution is -0.127. The number of nitrogens with zero attached hydrogens (tertiary/aromatic N) is 4. The summed E-state index contributed by atoms with van der Waals surface area (Å²) in [5.74, 6) is -1.21. The van der Waals surface area contributed by atoms with Crippen LogP contribution in [0.5, 0.6) is 0 Å². The summed E-state index contributed by atoms with van der Waals surface area (Å²) in [5.41, 5.74) is 5.55. The van der Waals surface area contributed by atoms with Crippen molar-refractivity contribution in [1.82, 2.24) is 25.0 Å². The highest BCUT2D eigenvalue weighted by atomic mass is 16.2. The van der Waals surface area contributed by atoms with Gasteiger partial charge in [0.05, 0.1) is 5.69 Å². The molecule has 8 heteroatoms. The van der Waals surface area contributed by atoms with Crippen molar-refractivity contribution in [1.29, 1.82) is 0 Å². The largest absolute Gasteiger partial charge is 0.347 e. The Balaban J connectivity index is 1.48. The maximum atomic E-state index is 12.8. The van der Waals surface area contributed by atoms with E-state index in [1.165, 1.54) is 0 Å². The van der Waals surface area contributed by atoms with Crippen molar-refractivity contribution in [3.8, 4) is 0 Å². The summed E-state index contributed by atoms with van der Waals surface area (Å²) in [4.78, 5) is 44.1.